The molecule has 128 valence electrons. The molecule has 0 heterocycles. The van der Waals surface area contributed by atoms with Gasteiger partial charge in [-0.1, -0.05) is 63.9 Å². The molecule has 0 spiro atoms. The third-order valence-electron chi connectivity index (χ3n) is 3.97. The van der Waals surface area contributed by atoms with E-state index in [-0.39, 0.29) is 5.91 Å². The molecule has 0 aromatic heterocycles. The standard InChI is InChI=1S/C21H27NO2/c1-4-5-10-15-24-20-14-9-7-12-18(20)21(23)22-19-13-8-6-11-17(19)16(2)3/h6-9,11-14,16H,4-5,10,15H2,1-3H3,(H,22,23). The first-order valence-electron chi connectivity index (χ1n) is 8.75. The second kappa shape index (κ2) is 9.11. The molecule has 3 heteroatoms. The van der Waals surface area contributed by atoms with Gasteiger partial charge in [-0.25, -0.2) is 0 Å². The predicted octanol–water partition coefficient (Wildman–Crippen LogP) is 5.63. The molecule has 0 bridgehead atoms. The molecule has 0 aliphatic heterocycles. The smallest absolute Gasteiger partial charge is 0.259 e. The van der Waals surface area contributed by atoms with Gasteiger partial charge in [-0.05, 0) is 36.1 Å². The Kier molecular flexibility index (Phi) is 6.86. The number of benzene rings is 2. The van der Waals surface area contributed by atoms with Crippen molar-refractivity contribution in [2.75, 3.05) is 11.9 Å². The van der Waals surface area contributed by atoms with Crippen LogP contribution in [0.1, 0.15) is 61.9 Å². The van der Waals surface area contributed by atoms with E-state index in [9.17, 15) is 4.79 Å². The van der Waals surface area contributed by atoms with E-state index in [4.69, 9.17) is 4.74 Å². The van der Waals surface area contributed by atoms with Crippen molar-refractivity contribution in [1.82, 2.24) is 0 Å². The average Bonchev–Trinajstić information content (AvgIpc) is 2.59. The van der Waals surface area contributed by atoms with Crippen molar-refractivity contribution >= 4 is 11.6 Å². The van der Waals surface area contributed by atoms with Crippen LogP contribution in [0.15, 0.2) is 48.5 Å². The zero-order chi connectivity index (χ0) is 17.4. The second-order valence-corrected chi connectivity index (χ2v) is 6.25. The molecule has 3 nitrogen and oxygen atoms in total. The Morgan fingerprint density at radius 3 is 2.50 bits per heavy atom. The van der Waals surface area contributed by atoms with Gasteiger partial charge in [0.25, 0.3) is 5.91 Å². The van der Waals surface area contributed by atoms with Gasteiger partial charge in [0.2, 0.25) is 0 Å². The van der Waals surface area contributed by atoms with Crippen LogP contribution >= 0.6 is 0 Å². The molecule has 0 radical (unpaired) electrons. The molecule has 2 aromatic carbocycles. The molecule has 0 unspecified atom stereocenters. The molecule has 0 aliphatic carbocycles. The van der Waals surface area contributed by atoms with Crippen molar-refractivity contribution in [1.29, 1.82) is 0 Å². The molecule has 1 N–H and O–H groups in total. The van der Waals surface area contributed by atoms with Crippen molar-refractivity contribution in [3.8, 4) is 5.75 Å². The van der Waals surface area contributed by atoms with Gasteiger partial charge >= 0.3 is 0 Å². The van der Waals surface area contributed by atoms with Gasteiger partial charge in [0.05, 0.1) is 12.2 Å². The lowest BCUT2D eigenvalue weighted by Gasteiger charge is -2.15. The maximum absolute atomic E-state index is 12.7. The zero-order valence-electron chi connectivity index (χ0n) is 14.8. The number of amides is 1. The van der Waals surface area contributed by atoms with Gasteiger partial charge in [0.1, 0.15) is 5.75 Å². The van der Waals surface area contributed by atoms with E-state index in [0.29, 0.717) is 23.8 Å². The minimum absolute atomic E-state index is 0.130. The average molecular weight is 325 g/mol. The van der Waals surface area contributed by atoms with Crippen molar-refractivity contribution in [3.05, 3.63) is 59.7 Å². The van der Waals surface area contributed by atoms with Crippen molar-refractivity contribution in [2.24, 2.45) is 0 Å². The number of anilines is 1. The highest BCUT2D eigenvalue weighted by atomic mass is 16.5. The van der Waals surface area contributed by atoms with Crippen LogP contribution in [0.4, 0.5) is 5.69 Å². The number of unbranched alkanes of at least 4 members (excludes halogenated alkanes) is 2. The van der Waals surface area contributed by atoms with E-state index in [0.717, 1.165) is 30.5 Å². The topological polar surface area (TPSA) is 38.3 Å². The van der Waals surface area contributed by atoms with E-state index >= 15 is 0 Å². The normalized spacial score (nSPS) is 10.7. The summed E-state index contributed by atoms with van der Waals surface area (Å²) in [5, 5.41) is 3.03. The molecule has 0 saturated heterocycles. The Morgan fingerprint density at radius 2 is 1.75 bits per heavy atom. The van der Waals surface area contributed by atoms with Gasteiger partial charge in [-0.3, -0.25) is 4.79 Å². The van der Waals surface area contributed by atoms with Gasteiger partial charge in [-0.2, -0.15) is 0 Å². The minimum atomic E-state index is -0.130. The summed E-state index contributed by atoms with van der Waals surface area (Å²) < 4.78 is 5.81. The van der Waals surface area contributed by atoms with E-state index in [1.807, 2.05) is 48.5 Å². The lowest BCUT2D eigenvalue weighted by Crippen LogP contribution is -2.15. The van der Waals surface area contributed by atoms with E-state index < -0.39 is 0 Å². The van der Waals surface area contributed by atoms with Crippen LogP contribution in [0, 0.1) is 0 Å². The Balaban J connectivity index is 2.13. The van der Waals surface area contributed by atoms with Crippen LogP contribution in [0.25, 0.3) is 0 Å². The van der Waals surface area contributed by atoms with Gasteiger partial charge in [0.15, 0.2) is 0 Å². The molecule has 1 amide bonds. The first-order chi connectivity index (χ1) is 11.6. The number of ether oxygens (including phenoxy) is 1. The maximum Gasteiger partial charge on any atom is 0.259 e. The number of rotatable bonds is 8. The molecule has 2 aromatic rings. The summed E-state index contributed by atoms with van der Waals surface area (Å²) in [5.74, 6) is 0.865. The Morgan fingerprint density at radius 1 is 1.04 bits per heavy atom. The number of carbonyl (C=O) groups excluding carboxylic acids is 1. The number of carbonyl (C=O) groups is 1. The monoisotopic (exact) mass is 325 g/mol. The summed E-state index contributed by atoms with van der Waals surface area (Å²) in [4.78, 5) is 12.7. The van der Waals surface area contributed by atoms with Crippen LogP contribution in [0.5, 0.6) is 5.75 Å². The fraction of sp³-hybridized carbons (Fsp3) is 0.381. The highest BCUT2D eigenvalue weighted by molar-refractivity contribution is 6.06. The quantitative estimate of drug-likeness (QED) is 0.639. The largest absolute Gasteiger partial charge is 0.493 e. The number of hydrogen-bond acceptors (Lipinski definition) is 2. The SMILES string of the molecule is CCCCCOc1ccccc1C(=O)Nc1ccccc1C(C)C. The molecule has 24 heavy (non-hydrogen) atoms. The summed E-state index contributed by atoms with van der Waals surface area (Å²) in [6, 6.07) is 15.4. The first kappa shape index (κ1) is 18.1. The van der Waals surface area contributed by atoms with Crippen LogP contribution in [-0.2, 0) is 0 Å². The van der Waals surface area contributed by atoms with Crippen LogP contribution < -0.4 is 10.1 Å². The van der Waals surface area contributed by atoms with E-state index in [2.05, 4.69) is 26.1 Å². The lowest BCUT2D eigenvalue weighted by molar-refractivity contribution is 0.102. The molecule has 0 fully saturated rings. The van der Waals surface area contributed by atoms with Gasteiger partial charge in [-0.15, -0.1) is 0 Å². The Labute approximate surface area is 145 Å². The summed E-state index contributed by atoms with van der Waals surface area (Å²) in [5.41, 5.74) is 2.57. The number of para-hydroxylation sites is 2. The highest BCUT2D eigenvalue weighted by Crippen LogP contribution is 2.26. The Hall–Kier alpha value is -2.29. The van der Waals surface area contributed by atoms with Gasteiger partial charge in [0, 0.05) is 5.69 Å². The molecule has 0 saturated carbocycles. The van der Waals surface area contributed by atoms with Crippen molar-refractivity contribution in [2.45, 2.75) is 46.0 Å². The Bertz CT molecular complexity index is 664. The molecule has 0 atom stereocenters. The summed E-state index contributed by atoms with van der Waals surface area (Å²) in [7, 11) is 0. The van der Waals surface area contributed by atoms with Crippen LogP contribution in [-0.4, -0.2) is 12.5 Å². The second-order valence-electron chi connectivity index (χ2n) is 6.25. The molecule has 2 rings (SSSR count). The van der Waals surface area contributed by atoms with E-state index in [1.54, 1.807) is 0 Å². The number of nitrogens with one attached hydrogen (secondary N) is 1. The number of hydrogen-bond donors (Lipinski definition) is 1. The third-order valence-corrected chi connectivity index (χ3v) is 3.97. The van der Waals surface area contributed by atoms with Crippen LogP contribution in [0.2, 0.25) is 0 Å². The van der Waals surface area contributed by atoms with Crippen molar-refractivity contribution < 1.29 is 9.53 Å². The van der Waals surface area contributed by atoms with E-state index in [1.165, 1.54) is 0 Å². The molecular weight excluding hydrogens is 298 g/mol. The van der Waals surface area contributed by atoms with Gasteiger partial charge < -0.3 is 10.1 Å². The first-order valence-corrected chi connectivity index (χ1v) is 8.75. The highest BCUT2D eigenvalue weighted by Gasteiger charge is 2.14. The summed E-state index contributed by atoms with van der Waals surface area (Å²) in [6.45, 7) is 7.04. The predicted molar refractivity (Wildman–Crippen MR) is 99.9 cm³/mol. The fourth-order valence-corrected chi connectivity index (χ4v) is 2.62. The fourth-order valence-electron chi connectivity index (χ4n) is 2.62. The molecular formula is C21H27NO2. The zero-order valence-corrected chi connectivity index (χ0v) is 14.8. The van der Waals surface area contributed by atoms with Crippen LogP contribution in [0.3, 0.4) is 0 Å². The molecule has 0 aliphatic rings. The maximum atomic E-state index is 12.7. The minimum Gasteiger partial charge on any atom is -0.493 e. The third kappa shape index (κ3) is 4.85. The summed E-state index contributed by atoms with van der Waals surface area (Å²) >= 11 is 0. The summed E-state index contributed by atoms with van der Waals surface area (Å²) in [6.07, 6.45) is 3.29. The lowest BCUT2D eigenvalue weighted by atomic mass is 10.0. The van der Waals surface area contributed by atoms with Crippen molar-refractivity contribution in [3.63, 3.8) is 0 Å².